The second-order valence-corrected chi connectivity index (χ2v) is 19.3. The highest BCUT2D eigenvalue weighted by Gasteiger charge is 2.36. The molecule has 12 rings (SSSR count). The predicted octanol–water partition coefficient (Wildman–Crippen LogP) is 18.0. The van der Waals surface area contributed by atoms with Crippen molar-refractivity contribution < 1.29 is 0 Å². The Morgan fingerprint density at radius 3 is 1.71 bits per heavy atom. The van der Waals surface area contributed by atoms with Crippen LogP contribution in [0.5, 0.6) is 0 Å². The van der Waals surface area contributed by atoms with Crippen molar-refractivity contribution >= 4 is 59.3 Å². The van der Waals surface area contributed by atoms with Crippen LogP contribution in [-0.2, 0) is 5.41 Å². The van der Waals surface area contributed by atoms with Crippen LogP contribution in [0.3, 0.4) is 0 Å². The Labute approximate surface area is 374 Å². The van der Waals surface area contributed by atoms with Gasteiger partial charge in [-0.2, -0.15) is 0 Å². The lowest BCUT2D eigenvalue weighted by molar-refractivity contribution is 0.445. The van der Waals surface area contributed by atoms with E-state index in [1.165, 1.54) is 130 Å². The van der Waals surface area contributed by atoms with Gasteiger partial charge in [0.25, 0.3) is 0 Å². The third-order valence-electron chi connectivity index (χ3n) is 14.3. The van der Waals surface area contributed by atoms with Crippen LogP contribution in [-0.4, -0.2) is 0 Å². The van der Waals surface area contributed by atoms with Crippen LogP contribution < -0.4 is 4.90 Å². The van der Waals surface area contributed by atoms with Crippen LogP contribution in [0, 0.1) is 0 Å². The lowest BCUT2D eigenvalue weighted by Gasteiger charge is -2.32. The molecule has 0 unspecified atom stereocenters. The minimum Gasteiger partial charge on any atom is -0.309 e. The van der Waals surface area contributed by atoms with Crippen LogP contribution in [0.4, 0.5) is 17.1 Å². The van der Waals surface area contributed by atoms with E-state index < -0.39 is 0 Å². The third kappa shape index (κ3) is 6.18. The largest absolute Gasteiger partial charge is 0.309 e. The van der Waals surface area contributed by atoms with Gasteiger partial charge in [-0.1, -0.05) is 191 Å². The maximum absolute atomic E-state index is 2.59. The van der Waals surface area contributed by atoms with Crippen molar-refractivity contribution in [3.8, 4) is 44.5 Å². The van der Waals surface area contributed by atoms with Gasteiger partial charge in [-0.25, -0.2) is 0 Å². The van der Waals surface area contributed by atoms with Gasteiger partial charge in [-0.05, 0) is 110 Å². The average molecular weight is 828 g/mol. The van der Waals surface area contributed by atoms with Gasteiger partial charge in [-0.15, -0.1) is 11.3 Å². The molecule has 1 heterocycles. The molecule has 1 nitrogen and oxygen atoms in total. The first-order chi connectivity index (χ1) is 31.0. The van der Waals surface area contributed by atoms with Crippen molar-refractivity contribution in [1.82, 2.24) is 0 Å². The molecule has 10 aromatic rings. The third-order valence-corrected chi connectivity index (χ3v) is 15.4. The molecule has 2 heteroatoms. The van der Waals surface area contributed by atoms with Gasteiger partial charge in [0.05, 0.1) is 17.1 Å². The van der Waals surface area contributed by atoms with E-state index in [1.54, 1.807) is 0 Å². The van der Waals surface area contributed by atoms with Crippen molar-refractivity contribution in [3.63, 3.8) is 0 Å². The molecule has 0 radical (unpaired) electrons. The van der Waals surface area contributed by atoms with E-state index in [2.05, 4.69) is 213 Å². The quantitative estimate of drug-likeness (QED) is 0.155. The van der Waals surface area contributed by atoms with Gasteiger partial charge in [-0.3, -0.25) is 0 Å². The molecule has 0 saturated heterocycles. The summed E-state index contributed by atoms with van der Waals surface area (Å²) in [7, 11) is 0. The Bertz CT molecular complexity index is 3370. The van der Waals surface area contributed by atoms with E-state index in [4.69, 9.17) is 0 Å². The normalized spacial score (nSPS) is 14.6. The van der Waals surface area contributed by atoms with Crippen molar-refractivity contribution in [1.29, 1.82) is 0 Å². The number of benzene rings is 9. The SMILES string of the molecule is CC1(C)c2ccccc2-c2ccc(-c3ccccc3N(c3ccccc3-c3cccc4cccc(C5CCCCC5)c34)c3ccccc3-c3cccc4sc5ccccc5c34)cc21. The molecule has 1 saturated carbocycles. The fourth-order valence-corrected chi connectivity index (χ4v) is 12.4. The highest BCUT2D eigenvalue weighted by molar-refractivity contribution is 7.25. The summed E-state index contributed by atoms with van der Waals surface area (Å²) in [6.07, 6.45) is 6.47. The van der Waals surface area contributed by atoms with Crippen molar-refractivity contribution in [2.75, 3.05) is 4.90 Å². The maximum atomic E-state index is 2.59. The fourth-order valence-electron chi connectivity index (χ4n) is 11.3. The molecule has 0 N–H and O–H groups in total. The van der Waals surface area contributed by atoms with Gasteiger partial charge < -0.3 is 4.90 Å². The summed E-state index contributed by atoms with van der Waals surface area (Å²) in [6, 6.07) is 73.3. The Kier molecular flexibility index (Phi) is 9.20. The molecule has 0 bridgehead atoms. The Morgan fingerprint density at radius 2 is 0.968 bits per heavy atom. The summed E-state index contributed by atoms with van der Waals surface area (Å²) in [5.41, 5.74) is 17.8. The van der Waals surface area contributed by atoms with Gasteiger partial charge in [0.15, 0.2) is 0 Å². The molecule has 1 fully saturated rings. The van der Waals surface area contributed by atoms with E-state index in [9.17, 15) is 0 Å². The van der Waals surface area contributed by atoms with Gasteiger partial charge >= 0.3 is 0 Å². The van der Waals surface area contributed by atoms with Crippen LogP contribution in [0.15, 0.2) is 194 Å². The highest BCUT2D eigenvalue weighted by atomic mass is 32.1. The lowest BCUT2D eigenvalue weighted by Crippen LogP contribution is -2.15. The summed E-state index contributed by atoms with van der Waals surface area (Å²) < 4.78 is 2.62. The van der Waals surface area contributed by atoms with Gasteiger partial charge in [0, 0.05) is 42.3 Å². The number of hydrogen-bond donors (Lipinski definition) is 0. The summed E-state index contributed by atoms with van der Waals surface area (Å²) in [4.78, 5) is 2.59. The molecule has 304 valence electrons. The molecule has 0 atom stereocenters. The predicted molar refractivity (Wildman–Crippen MR) is 271 cm³/mol. The first kappa shape index (κ1) is 38.0. The Morgan fingerprint density at radius 1 is 0.429 bits per heavy atom. The van der Waals surface area contributed by atoms with Crippen molar-refractivity contribution in [2.24, 2.45) is 0 Å². The minimum absolute atomic E-state index is 0.109. The molecule has 9 aromatic carbocycles. The molecule has 63 heavy (non-hydrogen) atoms. The molecule has 0 amide bonds. The van der Waals surface area contributed by atoms with Gasteiger partial charge in [0.1, 0.15) is 0 Å². The van der Waals surface area contributed by atoms with Crippen molar-refractivity contribution in [3.05, 3.63) is 211 Å². The zero-order chi connectivity index (χ0) is 42.1. The molecule has 2 aliphatic rings. The first-order valence-electron chi connectivity index (χ1n) is 22.8. The molecular formula is C61H49NS. The molecule has 0 aliphatic heterocycles. The monoisotopic (exact) mass is 827 g/mol. The number of hydrogen-bond acceptors (Lipinski definition) is 2. The second-order valence-electron chi connectivity index (χ2n) is 18.2. The first-order valence-corrected chi connectivity index (χ1v) is 23.6. The van der Waals surface area contributed by atoms with Crippen LogP contribution in [0.2, 0.25) is 0 Å². The zero-order valence-electron chi connectivity index (χ0n) is 35.9. The van der Waals surface area contributed by atoms with Crippen LogP contribution in [0.1, 0.15) is 68.6 Å². The number of fused-ring (bicyclic) bond motifs is 7. The molecule has 0 spiro atoms. The summed E-state index contributed by atoms with van der Waals surface area (Å²) in [5.74, 6) is 0.574. The Balaban J connectivity index is 1.13. The summed E-state index contributed by atoms with van der Waals surface area (Å²) in [5, 5.41) is 5.34. The number of rotatable bonds is 7. The number of anilines is 3. The Hall–Kier alpha value is -6.74. The van der Waals surface area contributed by atoms with E-state index in [1.807, 2.05) is 11.3 Å². The van der Waals surface area contributed by atoms with Crippen LogP contribution in [0.25, 0.3) is 75.5 Å². The van der Waals surface area contributed by atoms with Crippen LogP contribution >= 0.6 is 11.3 Å². The second kappa shape index (κ2) is 15.3. The van der Waals surface area contributed by atoms with Crippen molar-refractivity contribution in [2.45, 2.75) is 57.3 Å². The molecular weight excluding hydrogens is 779 g/mol. The topological polar surface area (TPSA) is 3.24 Å². The lowest BCUT2D eigenvalue weighted by atomic mass is 9.80. The molecule has 1 aromatic heterocycles. The van der Waals surface area contributed by atoms with E-state index >= 15 is 0 Å². The maximum Gasteiger partial charge on any atom is 0.0540 e. The van der Waals surface area contributed by atoms with E-state index in [-0.39, 0.29) is 5.41 Å². The number of thiophene rings is 1. The van der Waals surface area contributed by atoms with Gasteiger partial charge in [0.2, 0.25) is 0 Å². The van der Waals surface area contributed by atoms with E-state index in [0.29, 0.717) is 5.92 Å². The fraction of sp³-hybridized carbons (Fsp3) is 0.148. The van der Waals surface area contributed by atoms with E-state index in [0.717, 1.165) is 11.4 Å². The number of nitrogens with zero attached hydrogens (tertiary/aromatic N) is 1. The minimum atomic E-state index is -0.109. The smallest absolute Gasteiger partial charge is 0.0540 e. The summed E-state index contributed by atoms with van der Waals surface area (Å²) >= 11 is 1.88. The highest BCUT2D eigenvalue weighted by Crippen LogP contribution is 2.53. The standard InChI is InChI=1S/C61H49NS/c1-61(2)52-31-11-6-24-45(52)46-38-37-42(39-53(46)61)43-23-7-12-32-54(43)62(56-34-14-9-26-48(56)50-30-18-36-58-60(50)51-27-10-15-35-57(51)63-58)55-33-13-8-25-47(55)49-29-17-22-41-21-16-28-44(59(41)49)40-19-4-3-5-20-40/h6-18,21-40H,3-5,19-20H2,1-2H3. The average Bonchev–Trinajstić information content (AvgIpc) is 3.84. The zero-order valence-corrected chi connectivity index (χ0v) is 36.8. The molecule has 2 aliphatic carbocycles. The summed E-state index contributed by atoms with van der Waals surface area (Å²) in [6.45, 7) is 4.76. The number of para-hydroxylation sites is 3.